The first-order valence-corrected chi connectivity index (χ1v) is 8.33. The van der Waals surface area contributed by atoms with Crippen molar-refractivity contribution in [1.82, 2.24) is 0 Å². The number of nitrogens with one attached hydrogen (secondary N) is 2. The van der Waals surface area contributed by atoms with Gasteiger partial charge in [0.05, 0.1) is 5.69 Å². The average molecular weight is 344 g/mol. The zero-order valence-electron chi connectivity index (χ0n) is 15.1. The van der Waals surface area contributed by atoms with Gasteiger partial charge < -0.3 is 10.1 Å². The number of hydrogen-bond donors (Lipinski definition) is 2. The lowest BCUT2D eigenvalue weighted by Crippen LogP contribution is -2.27. The second-order valence-corrected chi connectivity index (χ2v) is 7.06. The fraction of sp³-hybridized carbons (Fsp3) is 0.350. The molecule has 0 spiro atoms. The van der Waals surface area contributed by atoms with Crippen LogP contribution in [-0.4, -0.2) is 17.7 Å². The van der Waals surface area contributed by atoms with Crippen LogP contribution in [0.3, 0.4) is 0 Å². The molecule has 1 atom stereocenters. The quantitative estimate of drug-likeness (QED) is 0.782. The molecule has 0 fully saturated rings. The van der Waals surface area contributed by atoms with Crippen LogP contribution in [-0.2, 0) is 11.2 Å². The van der Waals surface area contributed by atoms with Crippen LogP contribution < -0.4 is 10.6 Å². The Kier molecular flexibility index (Phi) is 6.02. The average Bonchev–Trinajstić information content (AvgIpc) is 2.49. The van der Waals surface area contributed by atoms with Gasteiger partial charge in [0.25, 0.3) is 0 Å². The van der Waals surface area contributed by atoms with Crippen LogP contribution in [0.4, 0.5) is 20.6 Å². The molecule has 0 aliphatic rings. The number of benzene rings is 2. The number of amides is 1. The Labute approximate surface area is 148 Å². The molecule has 0 saturated carbocycles. The number of rotatable bonds is 5. The molecule has 0 saturated heterocycles. The molecule has 0 aliphatic heterocycles. The van der Waals surface area contributed by atoms with Crippen LogP contribution in [0.5, 0.6) is 0 Å². The third-order valence-electron chi connectivity index (χ3n) is 3.40. The summed E-state index contributed by atoms with van der Waals surface area (Å²) in [4.78, 5) is 11.8. The highest BCUT2D eigenvalue weighted by Crippen LogP contribution is 2.22. The number of carbonyl (C=O) groups is 1. The SMILES string of the molecule is CC(Cc1ccccc1)Nc1cc(NC(=O)OC(C)(C)C)ccc1F. The molecule has 0 radical (unpaired) electrons. The third-order valence-corrected chi connectivity index (χ3v) is 3.40. The first kappa shape index (κ1) is 18.8. The largest absolute Gasteiger partial charge is 0.444 e. The van der Waals surface area contributed by atoms with Crippen LogP contribution in [0, 0.1) is 5.82 Å². The zero-order valence-corrected chi connectivity index (χ0v) is 15.1. The molecular formula is C20H25FN2O2. The molecule has 0 aromatic heterocycles. The Hall–Kier alpha value is -2.56. The number of ether oxygens (including phenoxy) is 1. The topological polar surface area (TPSA) is 50.4 Å². The van der Waals surface area contributed by atoms with E-state index < -0.39 is 11.7 Å². The van der Waals surface area contributed by atoms with E-state index in [1.807, 2.05) is 37.3 Å². The van der Waals surface area contributed by atoms with E-state index in [0.717, 1.165) is 6.42 Å². The smallest absolute Gasteiger partial charge is 0.412 e. The number of carbonyl (C=O) groups excluding carboxylic acids is 1. The van der Waals surface area contributed by atoms with Crippen molar-refractivity contribution in [3.63, 3.8) is 0 Å². The van der Waals surface area contributed by atoms with E-state index in [9.17, 15) is 9.18 Å². The maximum atomic E-state index is 14.1. The number of hydrogen-bond acceptors (Lipinski definition) is 3. The van der Waals surface area contributed by atoms with Crippen molar-refractivity contribution in [2.75, 3.05) is 10.6 Å². The molecule has 0 bridgehead atoms. The van der Waals surface area contributed by atoms with Crippen LogP contribution >= 0.6 is 0 Å². The third kappa shape index (κ3) is 6.45. The fourth-order valence-electron chi connectivity index (χ4n) is 2.42. The molecule has 2 aromatic carbocycles. The summed E-state index contributed by atoms with van der Waals surface area (Å²) in [7, 11) is 0. The van der Waals surface area contributed by atoms with Crippen molar-refractivity contribution < 1.29 is 13.9 Å². The van der Waals surface area contributed by atoms with Crippen LogP contribution in [0.25, 0.3) is 0 Å². The van der Waals surface area contributed by atoms with E-state index in [2.05, 4.69) is 10.6 Å². The van der Waals surface area contributed by atoms with Crippen LogP contribution in [0.15, 0.2) is 48.5 Å². The summed E-state index contributed by atoms with van der Waals surface area (Å²) < 4.78 is 19.3. The molecular weight excluding hydrogens is 319 g/mol. The molecule has 4 nitrogen and oxygen atoms in total. The van der Waals surface area contributed by atoms with Crippen LogP contribution in [0.2, 0.25) is 0 Å². The second-order valence-electron chi connectivity index (χ2n) is 7.06. The molecule has 2 rings (SSSR count). The summed E-state index contributed by atoms with van der Waals surface area (Å²) in [5, 5.41) is 5.77. The Morgan fingerprint density at radius 2 is 1.84 bits per heavy atom. The van der Waals surface area contributed by atoms with E-state index in [4.69, 9.17) is 4.74 Å². The Morgan fingerprint density at radius 3 is 2.48 bits per heavy atom. The lowest BCUT2D eigenvalue weighted by atomic mass is 10.1. The van der Waals surface area contributed by atoms with E-state index in [1.165, 1.54) is 17.7 Å². The van der Waals surface area contributed by atoms with Gasteiger partial charge in [-0.3, -0.25) is 5.32 Å². The minimum Gasteiger partial charge on any atom is -0.444 e. The van der Waals surface area contributed by atoms with E-state index in [1.54, 1.807) is 26.8 Å². The highest BCUT2D eigenvalue weighted by Gasteiger charge is 2.17. The van der Waals surface area contributed by atoms with Gasteiger partial charge >= 0.3 is 6.09 Å². The zero-order chi connectivity index (χ0) is 18.4. The maximum Gasteiger partial charge on any atom is 0.412 e. The van der Waals surface area contributed by atoms with Crippen molar-refractivity contribution in [2.45, 2.75) is 45.8 Å². The summed E-state index contributed by atoms with van der Waals surface area (Å²) in [6, 6.07) is 14.4. The lowest BCUT2D eigenvalue weighted by molar-refractivity contribution is 0.0636. The maximum absolute atomic E-state index is 14.1. The lowest BCUT2D eigenvalue weighted by Gasteiger charge is -2.20. The van der Waals surface area contributed by atoms with Crippen molar-refractivity contribution in [1.29, 1.82) is 0 Å². The van der Waals surface area contributed by atoms with Gasteiger partial charge in [-0.2, -0.15) is 0 Å². The second kappa shape index (κ2) is 8.01. The van der Waals surface area contributed by atoms with Gasteiger partial charge in [-0.05, 0) is 57.9 Å². The number of halogens is 1. The van der Waals surface area contributed by atoms with Crippen molar-refractivity contribution in [3.05, 3.63) is 59.9 Å². The van der Waals surface area contributed by atoms with E-state index in [-0.39, 0.29) is 11.9 Å². The van der Waals surface area contributed by atoms with Gasteiger partial charge in [0.15, 0.2) is 0 Å². The number of anilines is 2. The Bertz CT molecular complexity index is 711. The molecule has 0 heterocycles. The van der Waals surface area contributed by atoms with Gasteiger partial charge in [0.1, 0.15) is 11.4 Å². The predicted molar refractivity (Wildman–Crippen MR) is 99.5 cm³/mol. The highest BCUT2D eigenvalue weighted by atomic mass is 19.1. The predicted octanol–water partition coefficient (Wildman–Crippen LogP) is 5.22. The highest BCUT2D eigenvalue weighted by molar-refractivity contribution is 5.85. The minimum atomic E-state index is -0.588. The van der Waals surface area contributed by atoms with E-state index >= 15 is 0 Å². The monoisotopic (exact) mass is 344 g/mol. The first-order valence-electron chi connectivity index (χ1n) is 8.33. The standard InChI is InChI=1S/C20H25FN2O2/c1-14(12-15-8-6-5-7-9-15)22-18-13-16(10-11-17(18)21)23-19(24)25-20(2,3)4/h5-11,13-14,22H,12H2,1-4H3,(H,23,24). The summed E-state index contributed by atoms with van der Waals surface area (Å²) in [5.41, 5.74) is 1.41. The molecule has 5 heteroatoms. The summed E-state index contributed by atoms with van der Waals surface area (Å²) in [5.74, 6) is -0.366. The Balaban J connectivity index is 2.02. The summed E-state index contributed by atoms with van der Waals surface area (Å²) in [6.45, 7) is 7.35. The van der Waals surface area contributed by atoms with Gasteiger partial charge in [-0.25, -0.2) is 9.18 Å². The van der Waals surface area contributed by atoms with Crippen molar-refractivity contribution in [2.24, 2.45) is 0 Å². The molecule has 1 amide bonds. The van der Waals surface area contributed by atoms with Gasteiger partial charge in [0.2, 0.25) is 0 Å². The van der Waals surface area contributed by atoms with Crippen molar-refractivity contribution in [3.8, 4) is 0 Å². The van der Waals surface area contributed by atoms with E-state index in [0.29, 0.717) is 11.4 Å². The molecule has 0 aliphatic carbocycles. The Morgan fingerprint density at radius 1 is 1.16 bits per heavy atom. The summed E-state index contributed by atoms with van der Waals surface area (Å²) in [6.07, 6.45) is 0.201. The molecule has 2 aromatic rings. The molecule has 2 N–H and O–H groups in total. The normalized spacial score (nSPS) is 12.4. The molecule has 25 heavy (non-hydrogen) atoms. The van der Waals surface area contributed by atoms with Gasteiger partial charge in [-0.1, -0.05) is 30.3 Å². The molecule has 134 valence electrons. The van der Waals surface area contributed by atoms with Crippen molar-refractivity contribution >= 4 is 17.5 Å². The van der Waals surface area contributed by atoms with Gasteiger partial charge in [0, 0.05) is 11.7 Å². The van der Waals surface area contributed by atoms with Crippen LogP contribution in [0.1, 0.15) is 33.3 Å². The molecule has 1 unspecified atom stereocenters. The van der Waals surface area contributed by atoms with Gasteiger partial charge in [-0.15, -0.1) is 0 Å². The first-order chi connectivity index (χ1) is 11.7. The fourth-order valence-corrected chi connectivity index (χ4v) is 2.42. The summed E-state index contributed by atoms with van der Waals surface area (Å²) >= 11 is 0. The minimum absolute atomic E-state index is 0.0358.